The van der Waals surface area contributed by atoms with Crippen LogP contribution in [-0.2, 0) is 0 Å². The summed E-state index contributed by atoms with van der Waals surface area (Å²) in [6.07, 6.45) is 0. The Kier molecular flexibility index (Phi) is 7.89. The fourth-order valence-electron chi connectivity index (χ4n) is 3.47. The molecule has 0 saturated heterocycles. The Hall–Kier alpha value is -4.57. The highest BCUT2D eigenvalue weighted by molar-refractivity contribution is 7.14. The number of aromatic nitrogens is 1. The number of methoxy groups -OCH3 is 4. The molecule has 0 bridgehead atoms. The molecule has 3 aromatic carbocycles. The molecule has 4 rings (SSSR count). The summed E-state index contributed by atoms with van der Waals surface area (Å²) in [5, 5.41) is 7.95. The molecular formula is C27H25N3O6S. The maximum atomic E-state index is 12.8. The van der Waals surface area contributed by atoms with Crippen molar-refractivity contribution in [2.45, 2.75) is 0 Å². The van der Waals surface area contributed by atoms with Gasteiger partial charge in [-0.1, -0.05) is 12.1 Å². The quantitative estimate of drug-likeness (QED) is 0.307. The van der Waals surface area contributed by atoms with Gasteiger partial charge in [-0.3, -0.25) is 14.9 Å². The summed E-state index contributed by atoms with van der Waals surface area (Å²) in [7, 11) is 6.09. The lowest BCUT2D eigenvalue weighted by molar-refractivity contribution is 0.101. The molecule has 37 heavy (non-hydrogen) atoms. The van der Waals surface area contributed by atoms with E-state index in [4.69, 9.17) is 18.9 Å². The minimum absolute atomic E-state index is 0.311. The van der Waals surface area contributed by atoms with Crippen LogP contribution in [0.25, 0.3) is 11.3 Å². The summed E-state index contributed by atoms with van der Waals surface area (Å²) in [5.74, 6) is 1.40. The molecule has 0 aliphatic rings. The normalized spacial score (nSPS) is 10.4. The van der Waals surface area contributed by atoms with Crippen molar-refractivity contribution in [1.82, 2.24) is 4.98 Å². The van der Waals surface area contributed by atoms with Crippen molar-refractivity contribution in [1.29, 1.82) is 0 Å². The first kappa shape index (κ1) is 25.5. The molecule has 4 aromatic rings. The van der Waals surface area contributed by atoms with E-state index in [-0.39, 0.29) is 11.8 Å². The summed E-state index contributed by atoms with van der Waals surface area (Å²) in [6, 6.07) is 17.2. The lowest BCUT2D eigenvalue weighted by Gasteiger charge is -2.10. The maximum Gasteiger partial charge on any atom is 0.257 e. The number of nitrogens with zero attached hydrogens (tertiary/aromatic N) is 1. The molecule has 10 heteroatoms. The van der Waals surface area contributed by atoms with Crippen molar-refractivity contribution in [3.63, 3.8) is 0 Å². The fourth-order valence-corrected chi connectivity index (χ4v) is 4.18. The number of hydrogen-bond donors (Lipinski definition) is 2. The van der Waals surface area contributed by atoms with E-state index in [2.05, 4.69) is 15.6 Å². The van der Waals surface area contributed by atoms with Gasteiger partial charge >= 0.3 is 0 Å². The van der Waals surface area contributed by atoms with E-state index in [1.54, 1.807) is 42.5 Å². The van der Waals surface area contributed by atoms with Gasteiger partial charge in [0, 0.05) is 39.9 Å². The maximum absolute atomic E-state index is 12.8. The van der Waals surface area contributed by atoms with Crippen molar-refractivity contribution >= 4 is 34.0 Å². The standard InChI is InChI=1S/C27H25N3O6S/c1-33-20-9-17(10-21(13-20)34-2)25(31)28-19-7-5-6-16(8-19)24-15-37-27(29-24)30-26(32)18-11-22(35-3)14-23(12-18)36-4/h5-15H,1-4H3,(H,28,31)(H,29,30,32). The smallest absolute Gasteiger partial charge is 0.257 e. The Labute approximate surface area is 218 Å². The van der Waals surface area contributed by atoms with Gasteiger partial charge in [0.05, 0.1) is 34.1 Å². The van der Waals surface area contributed by atoms with Gasteiger partial charge in [-0.25, -0.2) is 4.98 Å². The summed E-state index contributed by atoms with van der Waals surface area (Å²) in [4.78, 5) is 30.2. The third-order valence-electron chi connectivity index (χ3n) is 5.37. The third-order valence-corrected chi connectivity index (χ3v) is 6.13. The number of carbonyl (C=O) groups excluding carboxylic acids is 2. The minimum Gasteiger partial charge on any atom is -0.497 e. The van der Waals surface area contributed by atoms with Crippen LogP contribution in [0.1, 0.15) is 20.7 Å². The van der Waals surface area contributed by atoms with Crippen molar-refractivity contribution in [3.05, 3.63) is 77.2 Å². The van der Waals surface area contributed by atoms with Crippen LogP contribution in [0.15, 0.2) is 66.0 Å². The predicted octanol–water partition coefficient (Wildman–Crippen LogP) is 5.35. The van der Waals surface area contributed by atoms with E-state index in [1.807, 2.05) is 23.6 Å². The van der Waals surface area contributed by atoms with Crippen molar-refractivity contribution < 1.29 is 28.5 Å². The molecule has 9 nitrogen and oxygen atoms in total. The van der Waals surface area contributed by atoms with E-state index < -0.39 is 0 Å². The van der Waals surface area contributed by atoms with Gasteiger partial charge in [0.2, 0.25) is 0 Å². The molecule has 0 atom stereocenters. The Morgan fingerprint density at radius 3 is 1.73 bits per heavy atom. The monoisotopic (exact) mass is 519 g/mol. The van der Waals surface area contributed by atoms with E-state index in [0.717, 1.165) is 5.56 Å². The van der Waals surface area contributed by atoms with E-state index in [9.17, 15) is 9.59 Å². The lowest BCUT2D eigenvalue weighted by atomic mass is 10.1. The molecule has 0 saturated carbocycles. The Morgan fingerprint density at radius 1 is 0.703 bits per heavy atom. The number of hydrogen-bond acceptors (Lipinski definition) is 8. The lowest BCUT2D eigenvalue weighted by Crippen LogP contribution is -2.12. The van der Waals surface area contributed by atoms with Gasteiger partial charge < -0.3 is 24.3 Å². The second-order valence-corrected chi connectivity index (χ2v) is 8.59. The molecule has 2 N–H and O–H groups in total. The second kappa shape index (κ2) is 11.4. The van der Waals surface area contributed by atoms with Crippen molar-refractivity contribution in [2.75, 3.05) is 39.1 Å². The van der Waals surface area contributed by atoms with Gasteiger partial charge in [-0.05, 0) is 36.4 Å². The number of thiazole rings is 1. The average molecular weight is 520 g/mol. The molecule has 0 aliphatic carbocycles. The first-order valence-electron chi connectivity index (χ1n) is 11.1. The molecular weight excluding hydrogens is 494 g/mol. The number of benzene rings is 3. The number of anilines is 2. The molecule has 0 spiro atoms. The van der Waals surface area contributed by atoms with Gasteiger partial charge in [0.1, 0.15) is 23.0 Å². The second-order valence-electron chi connectivity index (χ2n) is 7.73. The molecule has 190 valence electrons. The zero-order valence-corrected chi connectivity index (χ0v) is 21.5. The SMILES string of the molecule is COc1cc(OC)cc(C(=O)Nc2cccc(-c3csc(NC(=O)c4cc(OC)cc(OC)c4)n3)c2)c1. The zero-order chi connectivity index (χ0) is 26.4. The van der Waals surface area contributed by atoms with Gasteiger partial charge in [-0.15, -0.1) is 11.3 Å². The van der Waals surface area contributed by atoms with Crippen LogP contribution in [-0.4, -0.2) is 45.2 Å². The highest BCUT2D eigenvalue weighted by atomic mass is 32.1. The van der Waals surface area contributed by atoms with Crippen LogP contribution in [0, 0.1) is 0 Å². The summed E-state index contributed by atoms with van der Waals surface area (Å²) >= 11 is 1.29. The van der Waals surface area contributed by atoms with Crippen LogP contribution in [0.2, 0.25) is 0 Å². The van der Waals surface area contributed by atoms with Gasteiger partial charge in [0.15, 0.2) is 5.13 Å². The van der Waals surface area contributed by atoms with E-state index in [1.165, 1.54) is 39.8 Å². The number of ether oxygens (including phenoxy) is 4. The predicted molar refractivity (Wildman–Crippen MR) is 143 cm³/mol. The van der Waals surface area contributed by atoms with Crippen LogP contribution in [0.5, 0.6) is 23.0 Å². The van der Waals surface area contributed by atoms with Crippen LogP contribution >= 0.6 is 11.3 Å². The molecule has 0 radical (unpaired) electrons. The molecule has 1 heterocycles. The minimum atomic E-state index is -0.340. The fraction of sp³-hybridized carbons (Fsp3) is 0.148. The van der Waals surface area contributed by atoms with Crippen LogP contribution < -0.4 is 29.6 Å². The summed E-state index contributed by atoms with van der Waals surface area (Å²) in [5.41, 5.74) is 2.80. The highest BCUT2D eigenvalue weighted by Crippen LogP contribution is 2.29. The Morgan fingerprint density at radius 2 is 1.22 bits per heavy atom. The van der Waals surface area contributed by atoms with Crippen molar-refractivity contribution in [3.8, 4) is 34.3 Å². The van der Waals surface area contributed by atoms with Crippen LogP contribution in [0.3, 0.4) is 0 Å². The third kappa shape index (κ3) is 6.17. The van der Waals surface area contributed by atoms with E-state index >= 15 is 0 Å². The molecule has 0 fully saturated rings. The Balaban J connectivity index is 1.48. The number of carbonyl (C=O) groups is 2. The molecule has 1 aromatic heterocycles. The summed E-state index contributed by atoms with van der Waals surface area (Å²) < 4.78 is 21.0. The van der Waals surface area contributed by atoms with Gasteiger partial charge in [0.25, 0.3) is 11.8 Å². The highest BCUT2D eigenvalue weighted by Gasteiger charge is 2.14. The molecule has 0 unspecified atom stereocenters. The molecule has 0 aliphatic heterocycles. The number of nitrogens with one attached hydrogen (secondary N) is 2. The number of rotatable bonds is 9. The Bertz CT molecular complexity index is 1390. The first-order valence-corrected chi connectivity index (χ1v) is 11.9. The van der Waals surface area contributed by atoms with Crippen LogP contribution in [0.4, 0.5) is 10.8 Å². The van der Waals surface area contributed by atoms with E-state index in [0.29, 0.717) is 50.6 Å². The van der Waals surface area contributed by atoms with Crippen molar-refractivity contribution in [2.24, 2.45) is 0 Å². The first-order chi connectivity index (χ1) is 17.9. The zero-order valence-electron chi connectivity index (χ0n) is 20.7. The largest absolute Gasteiger partial charge is 0.497 e. The topological polar surface area (TPSA) is 108 Å². The molecule has 2 amide bonds. The number of amides is 2. The summed E-state index contributed by atoms with van der Waals surface area (Å²) in [6.45, 7) is 0. The average Bonchev–Trinajstić information content (AvgIpc) is 3.40. The van der Waals surface area contributed by atoms with Gasteiger partial charge in [-0.2, -0.15) is 0 Å².